The van der Waals surface area contributed by atoms with Gasteiger partial charge >= 0.3 is 0 Å². The predicted molar refractivity (Wildman–Crippen MR) is 59.7 cm³/mol. The van der Waals surface area contributed by atoms with E-state index in [4.69, 9.17) is 11.8 Å². The summed E-state index contributed by atoms with van der Waals surface area (Å²) < 4.78 is 1.72. The SMILES string of the molecule is Cc1cc(NC(=O)CCCNCl)nn1C. The number of hydrogen-bond donors (Lipinski definition) is 2. The largest absolute Gasteiger partial charge is 0.309 e. The number of carbonyl (C=O) groups excluding carboxylic acids is 1. The van der Waals surface area contributed by atoms with Crippen molar-refractivity contribution in [1.82, 2.24) is 14.6 Å². The Labute approximate surface area is 93.9 Å². The molecule has 0 aliphatic heterocycles. The minimum Gasteiger partial charge on any atom is -0.309 e. The van der Waals surface area contributed by atoms with Crippen LogP contribution in [0.25, 0.3) is 0 Å². The fraction of sp³-hybridized carbons (Fsp3) is 0.556. The second-order valence-corrected chi connectivity index (χ2v) is 3.60. The lowest BCUT2D eigenvalue weighted by Gasteiger charge is -2.00. The molecule has 0 unspecified atom stereocenters. The first-order chi connectivity index (χ1) is 7.13. The van der Waals surface area contributed by atoms with Crippen LogP contribution < -0.4 is 10.2 Å². The molecule has 0 bridgehead atoms. The summed E-state index contributed by atoms with van der Waals surface area (Å²) in [5, 5.41) is 6.84. The van der Waals surface area contributed by atoms with E-state index >= 15 is 0 Å². The van der Waals surface area contributed by atoms with Gasteiger partial charge in [-0.1, -0.05) is 0 Å². The summed E-state index contributed by atoms with van der Waals surface area (Å²) in [5.74, 6) is 0.554. The highest BCUT2D eigenvalue weighted by atomic mass is 35.5. The molecule has 15 heavy (non-hydrogen) atoms. The highest BCUT2D eigenvalue weighted by Crippen LogP contribution is 2.07. The van der Waals surface area contributed by atoms with Crippen molar-refractivity contribution in [3.05, 3.63) is 11.8 Å². The molecule has 1 rings (SSSR count). The zero-order valence-electron chi connectivity index (χ0n) is 8.88. The van der Waals surface area contributed by atoms with E-state index in [1.165, 1.54) is 0 Å². The Morgan fingerprint density at radius 3 is 2.93 bits per heavy atom. The first kappa shape index (κ1) is 12.0. The zero-order valence-corrected chi connectivity index (χ0v) is 9.64. The molecule has 1 aromatic rings. The second-order valence-electron chi connectivity index (χ2n) is 3.33. The minimum atomic E-state index is -0.0417. The summed E-state index contributed by atoms with van der Waals surface area (Å²) in [4.78, 5) is 13.8. The Morgan fingerprint density at radius 1 is 1.67 bits per heavy atom. The van der Waals surface area contributed by atoms with Crippen LogP contribution in [0.3, 0.4) is 0 Å². The predicted octanol–water partition coefficient (Wildman–Crippen LogP) is 1.19. The Kier molecular flexibility index (Phi) is 4.58. The second kappa shape index (κ2) is 5.72. The number of nitrogens with zero attached hydrogens (tertiary/aromatic N) is 2. The van der Waals surface area contributed by atoms with E-state index in [1.54, 1.807) is 4.68 Å². The fourth-order valence-electron chi connectivity index (χ4n) is 1.14. The van der Waals surface area contributed by atoms with Gasteiger partial charge in [0.05, 0.1) is 0 Å². The molecule has 0 aliphatic rings. The maximum absolute atomic E-state index is 11.4. The highest BCUT2D eigenvalue weighted by Gasteiger charge is 2.05. The summed E-state index contributed by atoms with van der Waals surface area (Å²) in [6, 6.07) is 1.83. The Bertz CT molecular complexity index is 317. The first-order valence-electron chi connectivity index (χ1n) is 4.77. The van der Waals surface area contributed by atoms with Crippen molar-refractivity contribution in [3.63, 3.8) is 0 Å². The zero-order chi connectivity index (χ0) is 11.3. The lowest BCUT2D eigenvalue weighted by molar-refractivity contribution is -0.116. The van der Waals surface area contributed by atoms with E-state index < -0.39 is 0 Å². The number of anilines is 1. The Hall–Kier alpha value is -1.07. The van der Waals surface area contributed by atoms with E-state index in [0.717, 1.165) is 5.69 Å². The quantitative estimate of drug-likeness (QED) is 0.590. The van der Waals surface area contributed by atoms with Crippen LogP contribution in [0.15, 0.2) is 6.07 Å². The van der Waals surface area contributed by atoms with Crippen LogP contribution in [0.2, 0.25) is 0 Å². The van der Waals surface area contributed by atoms with E-state index in [1.807, 2.05) is 20.0 Å². The van der Waals surface area contributed by atoms with Crippen molar-refractivity contribution in [1.29, 1.82) is 0 Å². The molecule has 0 aliphatic carbocycles. The van der Waals surface area contributed by atoms with E-state index in [0.29, 0.717) is 25.2 Å². The molecular formula is C9H15ClN4O. The van der Waals surface area contributed by atoms with Crippen molar-refractivity contribution < 1.29 is 4.79 Å². The van der Waals surface area contributed by atoms with Crippen LogP contribution in [0, 0.1) is 6.92 Å². The monoisotopic (exact) mass is 230 g/mol. The van der Waals surface area contributed by atoms with Gasteiger partial charge in [0.15, 0.2) is 5.82 Å². The molecule has 0 aromatic carbocycles. The number of nitrogens with one attached hydrogen (secondary N) is 2. The van der Waals surface area contributed by atoms with Crippen LogP contribution in [-0.2, 0) is 11.8 Å². The summed E-state index contributed by atoms with van der Waals surface area (Å²) in [5.41, 5.74) is 1.01. The maximum Gasteiger partial charge on any atom is 0.225 e. The molecule has 0 saturated heterocycles. The summed E-state index contributed by atoms with van der Waals surface area (Å²) >= 11 is 5.27. The van der Waals surface area contributed by atoms with E-state index in [9.17, 15) is 4.79 Å². The molecule has 2 N–H and O–H groups in total. The average Bonchev–Trinajstić information content (AvgIpc) is 2.46. The van der Waals surface area contributed by atoms with Crippen LogP contribution in [0.1, 0.15) is 18.5 Å². The molecule has 84 valence electrons. The molecule has 6 heteroatoms. The van der Waals surface area contributed by atoms with Gasteiger partial charge in [0, 0.05) is 31.8 Å². The smallest absolute Gasteiger partial charge is 0.225 e. The van der Waals surface area contributed by atoms with Crippen molar-refractivity contribution in [2.24, 2.45) is 7.05 Å². The number of carbonyl (C=O) groups is 1. The molecule has 0 radical (unpaired) electrons. The lowest BCUT2D eigenvalue weighted by atomic mass is 10.3. The third kappa shape index (κ3) is 3.89. The maximum atomic E-state index is 11.4. The molecule has 1 heterocycles. The van der Waals surface area contributed by atoms with Gasteiger partial charge in [-0.15, -0.1) is 0 Å². The van der Waals surface area contributed by atoms with Crippen LogP contribution in [-0.4, -0.2) is 22.2 Å². The van der Waals surface area contributed by atoms with Gasteiger partial charge in [-0.25, -0.2) is 4.84 Å². The van der Waals surface area contributed by atoms with Gasteiger partial charge in [0.1, 0.15) is 0 Å². The molecule has 0 atom stereocenters. The number of aryl methyl sites for hydroxylation is 2. The summed E-state index contributed by atoms with van der Waals surface area (Å²) in [7, 11) is 1.84. The van der Waals surface area contributed by atoms with Crippen LogP contribution in [0.4, 0.5) is 5.82 Å². The molecule has 1 amide bonds. The van der Waals surface area contributed by atoms with E-state index in [2.05, 4.69) is 15.3 Å². The summed E-state index contributed by atoms with van der Waals surface area (Å²) in [6.07, 6.45) is 1.15. The van der Waals surface area contributed by atoms with Gasteiger partial charge in [0.2, 0.25) is 5.91 Å². The van der Waals surface area contributed by atoms with Crippen molar-refractivity contribution in [2.45, 2.75) is 19.8 Å². The fourth-order valence-corrected chi connectivity index (χ4v) is 1.28. The summed E-state index contributed by atoms with van der Waals surface area (Å²) in [6.45, 7) is 2.55. The number of rotatable bonds is 5. The highest BCUT2D eigenvalue weighted by molar-refractivity contribution is 6.13. The van der Waals surface area contributed by atoms with Crippen molar-refractivity contribution in [2.75, 3.05) is 11.9 Å². The molecule has 0 fully saturated rings. The number of amides is 1. The first-order valence-corrected chi connectivity index (χ1v) is 5.15. The standard InChI is InChI=1S/C9H15ClN4O/c1-7-6-8(13-14(7)2)12-9(15)4-3-5-11-10/h6,11H,3-5H2,1-2H3,(H,12,13,15). The minimum absolute atomic E-state index is 0.0417. The van der Waals surface area contributed by atoms with Gasteiger partial charge in [0.25, 0.3) is 0 Å². The third-order valence-corrected chi connectivity index (χ3v) is 2.25. The Balaban J connectivity index is 2.37. The van der Waals surface area contributed by atoms with Gasteiger partial charge in [-0.2, -0.15) is 5.10 Å². The molecule has 0 saturated carbocycles. The number of hydrogen-bond acceptors (Lipinski definition) is 3. The van der Waals surface area contributed by atoms with Crippen LogP contribution in [0.5, 0.6) is 0 Å². The molecule has 5 nitrogen and oxygen atoms in total. The average molecular weight is 231 g/mol. The molecule has 1 aromatic heterocycles. The lowest BCUT2D eigenvalue weighted by Crippen LogP contribution is -2.14. The molecular weight excluding hydrogens is 216 g/mol. The normalized spacial score (nSPS) is 10.3. The molecule has 0 spiro atoms. The number of aromatic nitrogens is 2. The van der Waals surface area contributed by atoms with Gasteiger partial charge < -0.3 is 5.32 Å². The van der Waals surface area contributed by atoms with Crippen molar-refractivity contribution >= 4 is 23.5 Å². The number of halogens is 1. The van der Waals surface area contributed by atoms with Crippen molar-refractivity contribution in [3.8, 4) is 0 Å². The topological polar surface area (TPSA) is 59.0 Å². The van der Waals surface area contributed by atoms with Gasteiger partial charge in [-0.3, -0.25) is 9.48 Å². The third-order valence-electron chi connectivity index (χ3n) is 2.06. The van der Waals surface area contributed by atoms with E-state index in [-0.39, 0.29) is 5.91 Å². The Morgan fingerprint density at radius 2 is 2.40 bits per heavy atom. The van der Waals surface area contributed by atoms with Gasteiger partial charge in [-0.05, 0) is 25.1 Å². The van der Waals surface area contributed by atoms with Crippen LogP contribution >= 0.6 is 11.8 Å².